The Kier molecular flexibility index (Phi) is 3.28. The van der Waals surface area contributed by atoms with Crippen molar-refractivity contribution in [3.63, 3.8) is 0 Å². The Morgan fingerprint density at radius 3 is 2.56 bits per heavy atom. The molecular weight excluding hydrogens is 138 g/mol. The normalized spacial score (nSPS) is 10.7. The average molecular weight is 147 g/mol. The molecule has 0 fully saturated rings. The molecule has 0 radical (unpaired) electrons. The molecule has 0 aromatic heterocycles. The Morgan fingerprint density at radius 1 is 1.67 bits per heavy atom. The standard InChI is InChI=1S/C5H9NO2S/c1-3-5-6-9(7,8)4-2/h1,6H,4-5H2,2H3. The highest BCUT2D eigenvalue weighted by atomic mass is 32.2. The van der Waals surface area contributed by atoms with Crippen LogP contribution >= 0.6 is 0 Å². The minimum Gasteiger partial charge on any atom is -0.212 e. The molecule has 9 heavy (non-hydrogen) atoms. The van der Waals surface area contributed by atoms with Gasteiger partial charge in [0.25, 0.3) is 0 Å². The average Bonchev–Trinajstić information content (AvgIpc) is 1.84. The van der Waals surface area contributed by atoms with E-state index in [4.69, 9.17) is 6.42 Å². The minimum atomic E-state index is -3.07. The molecule has 3 nitrogen and oxygen atoms in total. The van der Waals surface area contributed by atoms with E-state index in [0.717, 1.165) is 0 Å². The first-order chi connectivity index (χ1) is 4.12. The fraction of sp³-hybridized carbons (Fsp3) is 0.600. The predicted octanol–water partition coefficient (Wildman–Crippen LogP) is -0.441. The van der Waals surface area contributed by atoms with Gasteiger partial charge in [-0.2, -0.15) is 0 Å². The zero-order chi connectivity index (χ0) is 7.33. The molecule has 52 valence electrons. The summed E-state index contributed by atoms with van der Waals surface area (Å²) in [7, 11) is -3.07. The molecule has 0 atom stereocenters. The van der Waals surface area contributed by atoms with Crippen molar-refractivity contribution in [2.24, 2.45) is 0 Å². The summed E-state index contributed by atoms with van der Waals surface area (Å²) >= 11 is 0. The van der Waals surface area contributed by atoms with Crippen molar-refractivity contribution in [1.82, 2.24) is 4.72 Å². The zero-order valence-electron chi connectivity index (χ0n) is 5.22. The number of terminal acetylenes is 1. The number of sulfonamides is 1. The highest BCUT2D eigenvalue weighted by molar-refractivity contribution is 7.89. The second-order valence-corrected chi connectivity index (χ2v) is 3.52. The lowest BCUT2D eigenvalue weighted by Crippen LogP contribution is -2.25. The lowest BCUT2D eigenvalue weighted by molar-refractivity contribution is 0.587. The van der Waals surface area contributed by atoms with Gasteiger partial charge in [-0.15, -0.1) is 6.42 Å². The van der Waals surface area contributed by atoms with Crippen LogP contribution in [0.25, 0.3) is 0 Å². The van der Waals surface area contributed by atoms with Crippen molar-refractivity contribution in [3.8, 4) is 12.3 Å². The summed E-state index contributed by atoms with van der Waals surface area (Å²) in [6.45, 7) is 1.63. The van der Waals surface area contributed by atoms with Crippen molar-refractivity contribution in [1.29, 1.82) is 0 Å². The third-order valence-electron chi connectivity index (χ3n) is 0.774. The van der Waals surface area contributed by atoms with E-state index >= 15 is 0 Å². The first-order valence-electron chi connectivity index (χ1n) is 2.53. The van der Waals surface area contributed by atoms with Gasteiger partial charge in [-0.25, -0.2) is 13.1 Å². The van der Waals surface area contributed by atoms with Crippen LogP contribution < -0.4 is 4.72 Å². The van der Waals surface area contributed by atoms with Crippen molar-refractivity contribution < 1.29 is 8.42 Å². The maximum Gasteiger partial charge on any atom is 0.212 e. The lowest BCUT2D eigenvalue weighted by Gasteiger charge is -1.96. The fourth-order valence-corrected chi connectivity index (χ4v) is 0.761. The van der Waals surface area contributed by atoms with Crippen LogP contribution in [0.5, 0.6) is 0 Å². The molecule has 0 heterocycles. The number of nitrogens with one attached hydrogen (secondary N) is 1. The van der Waals surface area contributed by atoms with Crippen LogP contribution in [0.1, 0.15) is 6.92 Å². The molecule has 0 saturated carbocycles. The highest BCUT2D eigenvalue weighted by Gasteiger charge is 2.01. The first-order valence-corrected chi connectivity index (χ1v) is 4.18. The van der Waals surface area contributed by atoms with Gasteiger partial charge < -0.3 is 0 Å². The second-order valence-electron chi connectivity index (χ2n) is 1.43. The third kappa shape index (κ3) is 4.01. The number of hydrogen-bond donors (Lipinski definition) is 1. The van der Waals surface area contributed by atoms with Crippen LogP contribution in [0.4, 0.5) is 0 Å². The highest BCUT2D eigenvalue weighted by Crippen LogP contribution is 1.78. The Labute approximate surface area is 55.5 Å². The lowest BCUT2D eigenvalue weighted by atomic mass is 10.7. The monoisotopic (exact) mass is 147 g/mol. The van der Waals surface area contributed by atoms with Gasteiger partial charge in [-0.3, -0.25) is 0 Å². The van der Waals surface area contributed by atoms with Crippen LogP contribution in [0.3, 0.4) is 0 Å². The van der Waals surface area contributed by atoms with Crippen molar-refractivity contribution in [3.05, 3.63) is 0 Å². The Hall–Kier alpha value is -0.530. The maximum absolute atomic E-state index is 10.6. The zero-order valence-corrected chi connectivity index (χ0v) is 6.03. The van der Waals surface area contributed by atoms with E-state index in [1.807, 2.05) is 0 Å². The van der Waals surface area contributed by atoms with Gasteiger partial charge in [0.05, 0.1) is 12.3 Å². The van der Waals surface area contributed by atoms with Gasteiger partial charge in [0.2, 0.25) is 10.0 Å². The smallest absolute Gasteiger partial charge is 0.212 e. The molecule has 0 amide bonds. The number of hydrogen-bond acceptors (Lipinski definition) is 2. The van der Waals surface area contributed by atoms with E-state index in [0.29, 0.717) is 0 Å². The first kappa shape index (κ1) is 8.47. The van der Waals surface area contributed by atoms with E-state index in [9.17, 15) is 8.42 Å². The van der Waals surface area contributed by atoms with Gasteiger partial charge in [-0.05, 0) is 6.92 Å². The predicted molar refractivity (Wildman–Crippen MR) is 36.3 cm³/mol. The molecule has 4 heteroatoms. The molecule has 1 N–H and O–H groups in total. The molecule has 0 rings (SSSR count). The summed E-state index contributed by atoms with van der Waals surface area (Å²) in [6.07, 6.45) is 4.81. The summed E-state index contributed by atoms with van der Waals surface area (Å²) in [5, 5.41) is 0. The summed E-state index contributed by atoms with van der Waals surface area (Å²) in [6, 6.07) is 0. The molecule has 0 aromatic rings. The molecule has 0 bridgehead atoms. The Morgan fingerprint density at radius 2 is 2.22 bits per heavy atom. The van der Waals surface area contributed by atoms with Gasteiger partial charge >= 0.3 is 0 Å². The van der Waals surface area contributed by atoms with Crippen LogP contribution in [0, 0.1) is 12.3 Å². The van der Waals surface area contributed by atoms with Gasteiger partial charge in [0, 0.05) is 0 Å². The SMILES string of the molecule is C#CCNS(=O)(=O)CC. The second kappa shape index (κ2) is 3.49. The molecule has 0 aromatic carbocycles. The van der Waals surface area contributed by atoms with Crippen LogP contribution in [0.2, 0.25) is 0 Å². The van der Waals surface area contributed by atoms with E-state index in [-0.39, 0.29) is 12.3 Å². The molecular formula is C5H9NO2S. The van der Waals surface area contributed by atoms with Gasteiger partial charge in [0.1, 0.15) is 0 Å². The van der Waals surface area contributed by atoms with Gasteiger partial charge in [-0.1, -0.05) is 5.92 Å². The molecule has 0 spiro atoms. The molecule has 0 aliphatic heterocycles. The summed E-state index contributed by atoms with van der Waals surface area (Å²) in [5.41, 5.74) is 0. The van der Waals surface area contributed by atoms with Crippen LogP contribution in [0.15, 0.2) is 0 Å². The molecule has 0 unspecified atom stereocenters. The van der Waals surface area contributed by atoms with Crippen molar-refractivity contribution in [2.45, 2.75) is 6.92 Å². The third-order valence-corrected chi connectivity index (χ3v) is 2.12. The van der Waals surface area contributed by atoms with E-state index < -0.39 is 10.0 Å². The van der Waals surface area contributed by atoms with Crippen molar-refractivity contribution in [2.75, 3.05) is 12.3 Å². The largest absolute Gasteiger partial charge is 0.212 e. The van der Waals surface area contributed by atoms with Gasteiger partial charge in [0.15, 0.2) is 0 Å². The van der Waals surface area contributed by atoms with E-state index in [1.54, 1.807) is 6.92 Å². The Balaban J connectivity index is 3.78. The molecule has 0 saturated heterocycles. The quantitative estimate of drug-likeness (QED) is 0.550. The topological polar surface area (TPSA) is 46.2 Å². The fourth-order valence-electron chi connectivity index (χ4n) is 0.254. The minimum absolute atomic E-state index is 0.0781. The van der Waals surface area contributed by atoms with Crippen LogP contribution in [-0.2, 0) is 10.0 Å². The van der Waals surface area contributed by atoms with E-state index in [1.165, 1.54) is 0 Å². The molecule has 0 aliphatic rings. The maximum atomic E-state index is 10.6. The Bertz CT molecular complexity index is 199. The molecule has 0 aliphatic carbocycles. The number of rotatable bonds is 3. The van der Waals surface area contributed by atoms with Crippen molar-refractivity contribution >= 4 is 10.0 Å². The summed E-state index contributed by atoms with van der Waals surface area (Å²) in [4.78, 5) is 0. The van der Waals surface area contributed by atoms with Crippen LogP contribution in [-0.4, -0.2) is 20.7 Å². The summed E-state index contributed by atoms with van der Waals surface area (Å²) < 4.78 is 23.3. The van der Waals surface area contributed by atoms with E-state index in [2.05, 4.69) is 10.6 Å². The summed E-state index contributed by atoms with van der Waals surface area (Å²) in [5.74, 6) is 2.25.